The zero-order chi connectivity index (χ0) is 10.3. The number of nitrogens with one attached hydrogen (secondary N) is 1. The lowest BCUT2D eigenvalue weighted by molar-refractivity contribution is -0.124. The van der Waals surface area contributed by atoms with Gasteiger partial charge in [0.25, 0.3) is 0 Å². The van der Waals surface area contributed by atoms with Gasteiger partial charge in [0.2, 0.25) is 11.8 Å². The van der Waals surface area contributed by atoms with E-state index in [0.29, 0.717) is 19.5 Å². The molecule has 0 aliphatic heterocycles. The maximum Gasteiger partial charge on any atom is 0.222 e. The second kappa shape index (κ2) is 6.42. The number of carbonyl (C=O) groups excluding carboxylic acids is 2. The van der Waals surface area contributed by atoms with E-state index >= 15 is 0 Å². The van der Waals surface area contributed by atoms with E-state index in [2.05, 4.69) is 5.32 Å². The largest absolute Gasteiger partial charge is 0.370 e. The standard InChI is InChI=1S/C8H17N3O2/c1-6(2-4-9)8(13)11-5-3-7(10)12/h6H,2-5,9H2,1H3,(H2,10,12)(H,11,13). The normalized spacial score (nSPS) is 12.2. The van der Waals surface area contributed by atoms with Crippen LogP contribution >= 0.6 is 0 Å². The highest BCUT2D eigenvalue weighted by molar-refractivity contribution is 5.79. The molecule has 0 aliphatic carbocycles. The predicted octanol–water partition coefficient (Wildman–Crippen LogP) is -1.04. The number of carbonyl (C=O) groups is 2. The fourth-order valence-corrected chi connectivity index (χ4v) is 0.864. The predicted molar refractivity (Wildman–Crippen MR) is 49.7 cm³/mol. The van der Waals surface area contributed by atoms with Crippen molar-refractivity contribution in [1.29, 1.82) is 0 Å². The van der Waals surface area contributed by atoms with Gasteiger partial charge in [-0.05, 0) is 13.0 Å². The summed E-state index contributed by atoms with van der Waals surface area (Å²) < 4.78 is 0. The Morgan fingerprint density at radius 3 is 2.54 bits per heavy atom. The summed E-state index contributed by atoms with van der Waals surface area (Å²) in [6.07, 6.45) is 0.837. The molecule has 0 radical (unpaired) electrons. The first-order valence-electron chi connectivity index (χ1n) is 4.34. The molecule has 0 aromatic rings. The van der Waals surface area contributed by atoms with Crippen molar-refractivity contribution in [2.75, 3.05) is 13.1 Å². The van der Waals surface area contributed by atoms with Gasteiger partial charge in [0, 0.05) is 18.9 Å². The molecule has 0 aliphatic rings. The van der Waals surface area contributed by atoms with Gasteiger partial charge in [-0.3, -0.25) is 9.59 Å². The lowest BCUT2D eigenvalue weighted by atomic mass is 10.1. The van der Waals surface area contributed by atoms with Crippen LogP contribution in [-0.4, -0.2) is 24.9 Å². The quantitative estimate of drug-likeness (QED) is 0.495. The molecule has 1 unspecified atom stereocenters. The van der Waals surface area contributed by atoms with Gasteiger partial charge in [-0.1, -0.05) is 6.92 Å². The molecular formula is C8H17N3O2. The number of rotatable bonds is 6. The molecule has 0 bridgehead atoms. The van der Waals surface area contributed by atoms with E-state index in [4.69, 9.17) is 11.5 Å². The van der Waals surface area contributed by atoms with Gasteiger partial charge in [-0.25, -0.2) is 0 Å². The maximum absolute atomic E-state index is 11.2. The molecule has 13 heavy (non-hydrogen) atoms. The van der Waals surface area contributed by atoms with Gasteiger partial charge < -0.3 is 16.8 Å². The van der Waals surface area contributed by atoms with Crippen molar-refractivity contribution in [2.24, 2.45) is 17.4 Å². The Labute approximate surface area is 77.8 Å². The van der Waals surface area contributed by atoms with Gasteiger partial charge in [-0.2, -0.15) is 0 Å². The van der Waals surface area contributed by atoms with Gasteiger partial charge >= 0.3 is 0 Å². The van der Waals surface area contributed by atoms with Crippen molar-refractivity contribution in [2.45, 2.75) is 19.8 Å². The summed E-state index contributed by atoms with van der Waals surface area (Å²) in [5.41, 5.74) is 10.2. The Balaban J connectivity index is 3.55. The van der Waals surface area contributed by atoms with Crippen LogP contribution < -0.4 is 16.8 Å². The average Bonchev–Trinajstić information content (AvgIpc) is 2.04. The molecule has 5 heteroatoms. The molecule has 2 amide bonds. The molecule has 0 heterocycles. The second-order valence-corrected chi connectivity index (χ2v) is 2.99. The molecule has 0 saturated carbocycles. The van der Waals surface area contributed by atoms with Crippen molar-refractivity contribution < 1.29 is 9.59 Å². The maximum atomic E-state index is 11.2. The molecule has 76 valence electrons. The number of amides is 2. The van der Waals surface area contributed by atoms with Crippen LogP contribution in [0.5, 0.6) is 0 Å². The second-order valence-electron chi connectivity index (χ2n) is 2.99. The van der Waals surface area contributed by atoms with E-state index in [9.17, 15) is 9.59 Å². The summed E-state index contributed by atoms with van der Waals surface area (Å²) in [7, 11) is 0. The Kier molecular flexibility index (Phi) is 5.88. The Hall–Kier alpha value is -1.10. The van der Waals surface area contributed by atoms with E-state index in [1.165, 1.54) is 0 Å². The summed E-state index contributed by atoms with van der Waals surface area (Å²) in [4.78, 5) is 21.5. The molecule has 0 aromatic carbocycles. The lowest BCUT2D eigenvalue weighted by Gasteiger charge is -2.09. The van der Waals surface area contributed by atoms with Crippen LogP contribution in [0.2, 0.25) is 0 Å². The first kappa shape index (κ1) is 11.9. The minimum absolute atomic E-state index is 0.0771. The topological polar surface area (TPSA) is 98.2 Å². The highest BCUT2D eigenvalue weighted by Gasteiger charge is 2.10. The van der Waals surface area contributed by atoms with Crippen LogP contribution in [-0.2, 0) is 9.59 Å². The van der Waals surface area contributed by atoms with Gasteiger partial charge in [0.1, 0.15) is 0 Å². The van der Waals surface area contributed by atoms with Crippen molar-refractivity contribution >= 4 is 11.8 Å². The molecule has 5 nitrogen and oxygen atoms in total. The smallest absolute Gasteiger partial charge is 0.222 e. The van der Waals surface area contributed by atoms with Crippen LogP contribution in [0.4, 0.5) is 0 Å². The van der Waals surface area contributed by atoms with Crippen molar-refractivity contribution in [3.05, 3.63) is 0 Å². The van der Waals surface area contributed by atoms with E-state index in [1.54, 1.807) is 6.92 Å². The monoisotopic (exact) mass is 187 g/mol. The summed E-state index contributed by atoms with van der Waals surface area (Å²) >= 11 is 0. The molecule has 0 spiro atoms. The van der Waals surface area contributed by atoms with Crippen molar-refractivity contribution in [1.82, 2.24) is 5.32 Å². The summed E-state index contributed by atoms with van der Waals surface area (Å²) in [5.74, 6) is -0.587. The van der Waals surface area contributed by atoms with Crippen LogP contribution in [0.15, 0.2) is 0 Å². The van der Waals surface area contributed by atoms with Crippen molar-refractivity contribution in [3.8, 4) is 0 Å². The van der Waals surface area contributed by atoms with E-state index in [1.807, 2.05) is 0 Å². The van der Waals surface area contributed by atoms with Crippen LogP contribution in [0.25, 0.3) is 0 Å². The van der Waals surface area contributed by atoms with E-state index in [-0.39, 0.29) is 18.2 Å². The average molecular weight is 187 g/mol. The zero-order valence-electron chi connectivity index (χ0n) is 7.88. The molecule has 0 fully saturated rings. The first-order valence-corrected chi connectivity index (χ1v) is 4.34. The Morgan fingerprint density at radius 2 is 2.08 bits per heavy atom. The number of nitrogens with two attached hydrogens (primary N) is 2. The minimum Gasteiger partial charge on any atom is -0.370 e. The third-order valence-corrected chi connectivity index (χ3v) is 1.72. The number of hydrogen-bond donors (Lipinski definition) is 3. The highest BCUT2D eigenvalue weighted by Crippen LogP contribution is 1.98. The van der Waals surface area contributed by atoms with E-state index in [0.717, 1.165) is 0 Å². The third-order valence-electron chi connectivity index (χ3n) is 1.72. The summed E-state index contributed by atoms with van der Waals surface area (Å²) in [6.45, 7) is 2.60. The van der Waals surface area contributed by atoms with Gasteiger partial charge in [0.05, 0.1) is 0 Å². The van der Waals surface area contributed by atoms with Gasteiger partial charge in [0.15, 0.2) is 0 Å². The van der Waals surface area contributed by atoms with E-state index < -0.39 is 5.91 Å². The van der Waals surface area contributed by atoms with Crippen molar-refractivity contribution in [3.63, 3.8) is 0 Å². The first-order chi connectivity index (χ1) is 6.07. The third kappa shape index (κ3) is 6.10. The molecule has 5 N–H and O–H groups in total. The lowest BCUT2D eigenvalue weighted by Crippen LogP contribution is -2.32. The minimum atomic E-state index is -0.410. The highest BCUT2D eigenvalue weighted by atomic mass is 16.2. The molecule has 0 rings (SSSR count). The SMILES string of the molecule is CC(CCN)C(=O)NCCC(N)=O. The van der Waals surface area contributed by atoms with Crippen LogP contribution in [0.3, 0.4) is 0 Å². The zero-order valence-corrected chi connectivity index (χ0v) is 7.88. The molecule has 0 aromatic heterocycles. The number of primary amides is 1. The van der Waals surface area contributed by atoms with Crippen LogP contribution in [0, 0.1) is 5.92 Å². The fourth-order valence-electron chi connectivity index (χ4n) is 0.864. The fraction of sp³-hybridized carbons (Fsp3) is 0.750. The molecule has 0 saturated heterocycles. The molecule has 1 atom stereocenters. The van der Waals surface area contributed by atoms with Crippen LogP contribution in [0.1, 0.15) is 19.8 Å². The summed E-state index contributed by atoms with van der Waals surface area (Å²) in [6, 6.07) is 0. The molecular weight excluding hydrogens is 170 g/mol. The number of hydrogen-bond acceptors (Lipinski definition) is 3. The van der Waals surface area contributed by atoms with Gasteiger partial charge in [-0.15, -0.1) is 0 Å². The Morgan fingerprint density at radius 1 is 1.46 bits per heavy atom. The Bertz CT molecular complexity index is 182. The summed E-state index contributed by atoms with van der Waals surface area (Å²) in [5, 5.41) is 2.60.